The highest BCUT2D eigenvalue weighted by Crippen LogP contribution is 2.45. The molecule has 0 amide bonds. The molecule has 0 bridgehead atoms. The van der Waals surface area contributed by atoms with Gasteiger partial charge in [0.15, 0.2) is 0 Å². The first kappa shape index (κ1) is 25.6. The zero-order valence-corrected chi connectivity index (χ0v) is 22.0. The number of fused-ring (bicyclic) bond motifs is 1. The van der Waals surface area contributed by atoms with Crippen LogP contribution in [0.3, 0.4) is 0 Å². The zero-order valence-electron chi connectivity index (χ0n) is 19.6. The molecule has 0 saturated heterocycles. The van der Waals surface area contributed by atoms with E-state index in [0.717, 1.165) is 41.6 Å². The molecule has 2 N–H and O–H groups in total. The molecule has 1 aliphatic heterocycles. The topological polar surface area (TPSA) is 106 Å². The molecule has 2 aromatic rings. The number of likely N-dealkylation sites (N-methyl/N-ethyl adjacent to an activating group) is 1. The minimum atomic E-state index is -3.52. The fraction of sp³-hybridized carbons (Fsp3) is 0.391. The lowest BCUT2D eigenvalue weighted by Gasteiger charge is -2.29. The average Bonchev–Trinajstić information content (AvgIpc) is 3.25. The number of ether oxygens (including phenoxy) is 2. The van der Waals surface area contributed by atoms with Gasteiger partial charge in [0.25, 0.3) is 0 Å². The van der Waals surface area contributed by atoms with Crippen LogP contribution in [0.2, 0.25) is 10.0 Å². The van der Waals surface area contributed by atoms with Crippen molar-refractivity contribution in [1.82, 2.24) is 14.7 Å². The minimum absolute atomic E-state index is 0.121. The molecule has 12 heteroatoms. The summed E-state index contributed by atoms with van der Waals surface area (Å²) in [4.78, 5) is 11.1. The highest BCUT2D eigenvalue weighted by Gasteiger charge is 2.31. The number of hydrogen-bond acceptors (Lipinski definition) is 8. The van der Waals surface area contributed by atoms with Crippen molar-refractivity contribution in [2.45, 2.75) is 31.3 Å². The molecular formula is C23H27Cl2N5O4S. The molecule has 0 unspecified atom stereocenters. The number of aromatic nitrogens is 2. The summed E-state index contributed by atoms with van der Waals surface area (Å²) in [5, 5.41) is 5.01. The van der Waals surface area contributed by atoms with Crippen molar-refractivity contribution in [3.63, 3.8) is 0 Å². The maximum absolute atomic E-state index is 11.9. The van der Waals surface area contributed by atoms with Crippen LogP contribution in [0, 0.1) is 0 Å². The van der Waals surface area contributed by atoms with Gasteiger partial charge in [0.05, 0.1) is 24.3 Å². The summed E-state index contributed by atoms with van der Waals surface area (Å²) in [6.45, 7) is 3.85. The molecule has 9 nitrogen and oxygen atoms in total. The van der Waals surface area contributed by atoms with E-state index >= 15 is 0 Å². The summed E-state index contributed by atoms with van der Waals surface area (Å²) < 4.78 is 37.3. The molecule has 1 saturated carbocycles. The van der Waals surface area contributed by atoms with E-state index in [1.54, 1.807) is 12.3 Å². The van der Waals surface area contributed by atoms with E-state index in [9.17, 15) is 8.42 Å². The van der Waals surface area contributed by atoms with Crippen molar-refractivity contribution in [2.75, 3.05) is 38.0 Å². The van der Waals surface area contributed by atoms with Crippen LogP contribution in [0.15, 0.2) is 24.3 Å². The van der Waals surface area contributed by atoms with Gasteiger partial charge in [0.2, 0.25) is 16.0 Å². The Balaban J connectivity index is 1.63. The number of sulfonamides is 1. The van der Waals surface area contributed by atoms with E-state index in [4.69, 9.17) is 37.7 Å². The van der Waals surface area contributed by atoms with Crippen LogP contribution in [0.5, 0.6) is 11.5 Å². The van der Waals surface area contributed by atoms with Gasteiger partial charge in [-0.1, -0.05) is 29.8 Å². The van der Waals surface area contributed by atoms with E-state index in [0.29, 0.717) is 39.6 Å². The number of nitrogens with zero attached hydrogens (tertiary/aromatic N) is 3. The molecule has 35 heavy (non-hydrogen) atoms. The Hall–Kier alpha value is -2.53. The third-order valence-electron chi connectivity index (χ3n) is 6.16. The van der Waals surface area contributed by atoms with Crippen LogP contribution < -0.4 is 24.4 Å². The predicted molar refractivity (Wildman–Crippen MR) is 140 cm³/mol. The van der Waals surface area contributed by atoms with E-state index in [2.05, 4.69) is 21.6 Å². The van der Waals surface area contributed by atoms with Crippen LogP contribution in [0.1, 0.15) is 30.4 Å². The lowest BCUT2D eigenvalue weighted by molar-refractivity contribution is 0.394. The predicted octanol–water partition coefficient (Wildman–Crippen LogP) is 4.19. The Bertz CT molecular complexity index is 1260. The molecule has 1 fully saturated rings. The van der Waals surface area contributed by atoms with Gasteiger partial charge in [0.1, 0.15) is 17.3 Å². The first-order chi connectivity index (χ1) is 16.7. The Morgan fingerprint density at radius 2 is 1.83 bits per heavy atom. The summed E-state index contributed by atoms with van der Waals surface area (Å²) in [6, 6.07) is 1.28. The van der Waals surface area contributed by atoms with Crippen molar-refractivity contribution in [3.05, 3.63) is 45.4 Å². The second kappa shape index (κ2) is 10.2. The third-order valence-corrected chi connectivity index (χ3v) is 7.98. The minimum Gasteiger partial charge on any atom is -0.495 e. The highest BCUT2D eigenvalue weighted by molar-refractivity contribution is 7.92. The molecule has 2 atom stereocenters. The molecule has 0 radical (unpaired) electrons. The largest absolute Gasteiger partial charge is 0.495 e. The van der Waals surface area contributed by atoms with Crippen molar-refractivity contribution in [2.24, 2.45) is 0 Å². The molecular weight excluding hydrogens is 513 g/mol. The highest BCUT2D eigenvalue weighted by atomic mass is 35.5. The first-order valence-electron chi connectivity index (χ1n) is 11.0. The number of nitrogens with one attached hydrogen (secondary N) is 2. The molecule has 188 valence electrons. The van der Waals surface area contributed by atoms with Crippen molar-refractivity contribution in [1.29, 1.82) is 0 Å². The second-order valence-electron chi connectivity index (χ2n) is 8.40. The molecule has 1 aliphatic carbocycles. The Labute approximate surface area is 215 Å². The third kappa shape index (κ3) is 5.20. The molecule has 1 aromatic carbocycles. The van der Waals surface area contributed by atoms with E-state index in [1.807, 2.05) is 18.0 Å². The van der Waals surface area contributed by atoms with Crippen LogP contribution in [-0.4, -0.2) is 58.3 Å². The van der Waals surface area contributed by atoms with Crippen LogP contribution in [0.25, 0.3) is 11.6 Å². The van der Waals surface area contributed by atoms with Gasteiger partial charge in [-0.15, -0.1) is 0 Å². The van der Waals surface area contributed by atoms with Gasteiger partial charge in [-0.3, -0.25) is 0 Å². The van der Waals surface area contributed by atoms with Gasteiger partial charge < -0.3 is 19.7 Å². The Morgan fingerprint density at radius 1 is 1.17 bits per heavy atom. The molecule has 2 aliphatic rings. The van der Waals surface area contributed by atoms with Crippen LogP contribution in [-0.2, 0) is 10.0 Å². The maximum atomic E-state index is 11.9. The van der Waals surface area contributed by atoms with Gasteiger partial charge in [0, 0.05) is 54.5 Å². The number of hydrogen-bond donors (Lipinski definition) is 2. The lowest BCUT2D eigenvalue weighted by Crippen LogP contribution is -2.42. The molecule has 1 aromatic heterocycles. The fourth-order valence-corrected chi connectivity index (χ4v) is 5.98. The smallest absolute Gasteiger partial charge is 0.233 e. The standard InChI is InChI=1S/C23H27Cl2N5O4S/c1-5-35(31,32)29-16-8-6-7-15(16)27-23-26-11-13-9-14(12-30(2)22(13)28-23)19-20(24)17(33-3)10-18(34-4)21(19)25/h5,9-11,15-16,29H,1,6-8,12H2,2-4H3,(H,26,27,28)/t15-,16+/m1/s1. The normalized spacial score (nSPS) is 19.7. The van der Waals surface area contributed by atoms with Crippen molar-refractivity contribution < 1.29 is 17.9 Å². The molecule has 2 heterocycles. The van der Waals surface area contributed by atoms with Crippen LogP contribution in [0.4, 0.5) is 11.8 Å². The quantitative estimate of drug-likeness (QED) is 0.514. The van der Waals surface area contributed by atoms with E-state index in [-0.39, 0.29) is 12.1 Å². The van der Waals surface area contributed by atoms with Gasteiger partial charge >= 0.3 is 0 Å². The number of rotatable bonds is 8. The van der Waals surface area contributed by atoms with Crippen LogP contribution >= 0.6 is 23.2 Å². The summed E-state index contributed by atoms with van der Waals surface area (Å²) in [7, 11) is 1.46. The lowest BCUT2D eigenvalue weighted by atomic mass is 9.99. The van der Waals surface area contributed by atoms with Crippen molar-refractivity contribution in [3.8, 4) is 11.5 Å². The monoisotopic (exact) mass is 539 g/mol. The first-order valence-corrected chi connectivity index (χ1v) is 13.3. The summed E-state index contributed by atoms with van der Waals surface area (Å²) >= 11 is 13.2. The van der Waals surface area contributed by atoms with Crippen molar-refractivity contribution >= 4 is 56.6 Å². The maximum Gasteiger partial charge on any atom is 0.233 e. The van der Waals surface area contributed by atoms with E-state index < -0.39 is 10.0 Å². The average molecular weight is 540 g/mol. The Kier molecular flexibility index (Phi) is 7.46. The molecule has 4 rings (SSSR count). The SMILES string of the molecule is C=CS(=O)(=O)N[C@H]1CCC[C@H]1Nc1ncc2c(n1)N(C)CC(c1c(Cl)c(OC)cc(OC)c1Cl)=C2. The summed E-state index contributed by atoms with van der Waals surface area (Å²) in [5.74, 6) is 2.09. The number of methoxy groups -OCH3 is 2. The number of benzene rings is 1. The van der Waals surface area contributed by atoms with Gasteiger partial charge in [-0.25, -0.2) is 18.1 Å². The molecule has 0 spiro atoms. The fourth-order valence-electron chi connectivity index (χ4n) is 4.44. The number of anilines is 2. The Morgan fingerprint density at radius 3 is 2.46 bits per heavy atom. The van der Waals surface area contributed by atoms with E-state index in [1.165, 1.54) is 14.2 Å². The second-order valence-corrected chi connectivity index (χ2v) is 10.8. The summed E-state index contributed by atoms with van der Waals surface area (Å²) in [5.41, 5.74) is 2.29. The zero-order chi connectivity index (χ0) is 25.3. The van der Waals surface area contributed by atoms with Gasteiger partial charge in [-0.05, 0) is 30.9 Å². The summed E-state index contributed by atoms with van der Waals surface area (Å²) in [6.07, 6.45) is 6.09. The van der Waals surface area contributed by atoms with Gasteiger partial charge in [-0.2, -0.15) is 4.98 Å². The number of halogens is 2.